The smallest absolute Gasteiger partial charge is 0.0540 e. The minimum Gasteiger partial charge on any atom is -0.309 e. The molecule has 0 saturated carbocycles. The number of anilines is 6. The highest BCUT2D eigenvalue weighted by Gasteiger charge is 2.25. The molecule has 0 amide bonds. The third-order valence-corrected chi connectivity index (χ3v) is 12.7. The average molecular weight is 869 g/mol. The standard InChI is InChI=1S/C66H48N2/c1-5-23-49(24-6-1)51-41-45-55(46-42-51)67(63-37-19-15-31-57(63)53-27-9-3-10-28-53)65-39-21-17-35-61(65)59-33-13-14-34-60(59)62-36-18-22-40-66(62)68(56-47-43-52(44-48-56)50-25-7-2-8-26-50)64-38-20-16-32-58(64)54-29-11-4-12-30-54/h1-48H. The van der Waals surface area contributed by atoms with Gasteiger partial charge in [0.05, 0.1) is 22.7 Å². The largest absolute Gasteiger partial charge is 0.309 e. The van der Waals surface area contributed by atoms with E-state index in [1.54, 1.807) is 0 Å². The Morgan fingerprint density at radius 1 is 0.147 bits per heavy atom. The molecule has 0 saturated heterocycles. The molecular formula is C66H48N2. The van der Waals surface area contributed by atoms with E-state index in [4.69, 9.17) is 0 Å². The number of rotatable bonds is 12. The van der Waals surface area contributed by atoms with E-state index in [0.29, 0.717) is 0 Å². The molecule has 0 atom stereocenters. The predicted octanol–water partition coefficient (Wildman–Crippen LogP) is 18.6. The molecule has 11 rings (SSSR count). The first-order chi connectivity index (χ1) is 33.8. The van der Waals surface area contributed by atoms with E-state index in [9.17, 15) is 0 Å². The van der Waals surface area contributed by atoms with Gasteiger partial charge in [0.25, 0.3) is 0 Å². The van der Waals surface area contributed by atoms with Gasteiger partial charge in [-0.15, -0.1) is 0 Å². The maximum atomic E-state index is 2.44. The Balaban J connectivity index is 1.10. The van der Waals surface area contributed by atoms with E-state index in [2.05, 4.69) is 301 Å². The van der Waals surface area contributed by atoms with Crippen molar-refractivity contribution in [1.29, 1.82) is 0 Å². The van der Waals surface area contributed by atoms with Gasteiger partial charge in [-0.1, -0.05) is 243 Å². The third kappa shape index (κ3) is 8.39. The molecule has 0 aromatic heterocycles. The van der Waals surface area contributed by atoms with E-state index in [1.165, 1.54) is 22.3 Å². The van der Waals surface area contributed by atoms with Crippen molar-refractivity contribution in [3.8, 4) is 66.8 Å². The topological polar surface area (TPSA) is 6.48 Å². The minimum absolute atomic E-state index is 1.07. The molecule has 2 nitrogen and oxygen atoms in total. The molecule has 0 fully saturated rings. The SMILES string of the molecule is c1ccc(-c2ccc(N(c3ccccc3-c3ccccc3)c3ccccc3-c3ccccc3-c3ccccc3N(c3ccc(-c4ccccc4)cc3)c3ccccc3-c3ccccc3)cc2)cc1. The second kappa shape index (κ2) is 19.2. The fourth-order valence-corrected chi connectivity index (χ4v) is 9.49. The lowest BCUT2D eigenvalue weighted by Gasteiger charge is -2.31. The highest BCUT2D eigenvalue weighted by molar-refractivity contribution is 6.01. The van der Waals surface area contributed by atoms with Crippen molar-refractivity contribution in [1.82, 2.24) is 0 Å². The van der Waals surface area contributed by atoms with Gasteiger partial charge in [-0.2, -0.15) is 0 Å². The molecule has 0 aliphatic carbocycles. The first-order valence-electron chi connectivity index (χ1n) is 23.3. The zero-order valence-corrected chi connectivity index (χ0v) is 37.6. The number of hydrogen-bond acceptors (Lipinski definition) is 2. The van der Waals surface area contributed by atoms with Crippen molar-refractivity contribution < 1.29 is 0 Å². The highest BCUT2D eigenvalue weighted by atomic mass is 15.2. The first-order valence-corrected chi connectivity index (χ1v) is 23.3. The van der Waals surface area contributed by atoms with Gasteiger partial charge < -0.3 is 9.80 Å². The fourth-order valence-electron chi connectivity index (χ4n) is 9.49. The second-order valence-electron chi connectivity index (χ2n) is 16.8. The molecule has 0 spiro atoms. The Hall–Kier alpha value is -8.98. The Labute approximate surface area is 400 Å². The summed E-state index contributed by atoms with van der Waals surface area (Å²) in [6.07, 6.45) is 0. The van der Waals surface area contributed by atoms with Crippen molar-refractivity contribution in [2.24, 2.45) is 0 Å². The number of hydrogen-bond donors (Lipinski definition) is 0. The van der Waals surface area contributed by atoms with E-state index < -0.39 is 0 Å². The Morgan fingerprint density at radius 2 is 0.368 bits per heavy atom. The fraction of sp³-hybridized carbons (Fsp3) is 0. The zero-order chi connectivity index (χ0) is 45.5. The Morgan fingerprint density at radius 3 is 0.691 bits per heavy atom. The summed E-state index contributed by atoms with van der Waals surface area (Å²) >= 11 is 0. The molecule has 0 radical (unpaired) electrons. The van der Waals surface area contributed by atoms with Crippen molar-refractivity contribution in [2.45, 2.75) is 0 Å². The van der Waals surface area contributed by atoms with Gasteiger partial charge in [-0.25, -0.2) is 0 Å². The summed E-state index contributed by atoms with van der Waals surface area (Å²) in [5.41, 5.74) is 20.4. The van der Waals surface area contributed by atoms with Crippen LogP contribution in [0, 0.1) is 0 Å². The van der Waals surface area contributed by atoms with Crippen LogP contribution in [0.5, 0.6) is 0 Å². The van der Waals surface area contributed by atoms with E-state index in [1.807, 2.05) is 0 Å². The van der Waals surface area contributed by atoms with Crippen LogP contribution in [0.1, 0.15) is 0 Å². The summed E-state index contributed by atoms with van der Waals surface area (Å²) < 4.78 is 0. The van der Waals surface area contributed by atoms with Gasteiger partial charge in [-0.3, -0.25) is 0 Å². The van der Waals surface area contributed by atoms with Gasteiger partial charge in [0.1, 0.15) is 0 Å². The van der Waals surface area contributed by atoms with Gasteiger partial charge >= 0.3 is 0 Å². The minimum atomic E-state index is 1.07. The molecule has 2 heteroatoms. The monoisotopic (exact) mass is 868 g/mol. The molecule has 11 aromatic rings. The molecule has 0 aliphatic rings. The van der Waals surface area contributed by atoms with Gasteiger partial charge in [-0.05, 0) is 93.0 Å². The van der Waals surface area contributed by atoms with Crippen molar-refractivity contribution in [3.05, 3.63) is 291 Å². The van der Waals surface area contributed by atoms with Crippen LogP contribution in [0.15, 0.2) is 291 Å². The number of para-hydroxylation sites is 4. The maximum absolute atomic E-state index is 2.44. The molecule has 68 heavy (non-hydrogen) atoms. The van der Waals surface area contributed by atoms with Crippen molar-refractivity contribution in [2.75, 3.05) is 9.80 Å². The summed E-state index contributed by atoms with van der Waals surface area (Å²) in [4.78, 5) is 4.87. The molecule has 0 unspecified atom stereocenters. The van der Waals surface area contributed by atoms with E-state index in [-0.39, 0.29) is 0 Å². The summed E-state index contributed by atoms with van der Waals surface area (Å²) in [6, 6.07) is 105. The van der Waals surface area contributed by atoms with Gasteiger partial charge in [0.15, 0.2) is 0 Å². The van der Waals surface area contributed by atoms with Crippen molar-refractivity contribution >= 4 is 34.1 Å². The summed E-state index contributed by atoms with van der Waals surface area (Å²) in [6.45, 7) is 0. The molecule has 0 aliphatic heterocycles. The first kappa shape index (κ1) is 41.7. The third-order valence-electron chi connectivity index (χ3n) is 12.7. The van der Waals surface area contributed by atoms with Gasteiger partial charge in [0.2, 0.25) is 0 Å². The van der Waals surface area contributed by atoms with Crippen molar-refractivity contribution in [3.63, 3.8) is 0 Å². The van der Waals surface area contributed by atoms with Crippen LogP contribution in [0.25, 0.3) is 66.8 Å². The van der Waals surface area contributed by atoms with Crippen LogP contribution in [-0.2, 0) is 0 Å². The van der Waals surface area contributed by atoms with Crippen LogP contribution in [0.2, 0.25) is 0 Å². The average Bonchev–Trinajstić information content (AvgIpc) is 3.43. The molecular weight excluding hydrogens is 821 g/mol. The molecule has 11 aromatic carbocycles. The van der Waals surface area contributed by atoms with Crippen LogP contribution in [0.4, 0.5) is 34.1 Å². The lowest BCUT2D eigenvalue weighted by molar-refractivity contribution is 1.28. The normalized spacial score (nSPS) is 10.9. The number of nitrogens with zero attached hydrogens (tertiary/aromatic N) is 2. The summed E-state index contributed by atoms with van der Waals surface area (Å²) in [7, 11) is 0. The van der Waals surface area contributed by atoms with Crippen LogP contribution >= 0.6 is 0 Å². The molecule has 0 N–H and O–H groups in total. The Kier molecular flexibility index (Phi) is 11.8. The van der Waals surface area contributed by atoms with Gasteiger partial charge in [0, 0.05) is 33.6 Å². The lowest BCUT2D eigenvalue weighted by Crippen LogP contribution is -2.13. The second-order valence-corrected chi connectivity index (χ2v) is 16.8. The van der Waals surface area contributed by atoms with Crippen LogP contribution in [-0.4, -0.2) is 0 Å². The quantitative estimate of drug-likeness (QED) is 0.121. The summed E-state index contributed by atoms with van der Waals surface area (Å²) in [5.74, 6) is 0. The lowest BCUT2D eigenvalue weighted by atomic mass is 9.91. The predicted molar refractivity (Wildman–Crippen MR) is 288 cm³/mol. The Bertz CT molecular complexity index is 3190. The van der Waals surface area contributed by atoms with E-state index in [0.717, 1.165) is 78.6 Å². The molecule has 0 bridgehead atoms. The number of benzene rings is 11. The molecule has 0 heterocycles. The maximum Gasteiger partial charge on any atom is 0.0540 e. The van der Waals surface area contributed by atoms with Crippen LogP contribution < -0.4 is 9.80 Å². The van der Waals surface area contributed by atoms with E-state index >= 15 is 0 Å². The van der Waals surface area contributed by atoms with Crippen LogP contribution in [0.3, 0.4) is 0 Å². The highest BCUT2D eigenvalue weighted by Crippen LogP contribution is 2.50. The summed E-state index contributed by atoms with van der Waals surface area (Å²) in [5, 5.41) is 0. The molecule has 322 valence electrons. The zero-order valence-electron chi connectivity index (χ0n) is 37.6.